The van der Waals surface area contributed by atoms with Crippen LogP contribution in [0.5, 0.6) is 0 Å². The lowest BCUT2D eigenvalue weighted by Gasteiger charge is -2.29. The van der Waals surface area contributed by atoms with Crippen molar-refractivity contribution in [3.8, 4) is 0 Å². The van der Waals surface area contributed by atoms with E-state index in [0.29, 0.717) is 6.04 Å². The number of anilines is 3. The Kier molecular flexibility index (Phi) is 6.26. The summed E-state index contributed by atoms with van der Waals surface area (Å²) in [5, 5.41) is 7.85. The molecule has 5 rings (SSSR count). The van der Waals surface area contributed by atoms with Gasteiger partial charge >= 0.3 is 0 Å². The average molecular weight is 440 g/mol. The molecular formula is C22H29N7OS. The summed E-state index contributed by atoms with van der Waals surface area (Å²) in [6.45, 7) is 4.37. The lowest BCUT2D eigenvalue weighted by molar-refractivity contribution is 0.0342. The van der Waals surface area contributed by atoms with Crippen LogP contribution in [0.1, 0.15) is 31.2 Å². The molecule has 1 aliphatic carbocycles. The molecule has 0 unspecified atom stereocenters. The number of rotatable bonds is 6. The summed E-state index contributed by atoms with van der Waals surface area (Å²) in [5.74, 6) is 1.69. The first-order chi connectivity index (χ1) is 15.2. The third-order valence-corrected chi connectivity index (χ3v) is 6.76. The van der Waals surface area contributed by atoms with E-state index >= 15 is 0 Å². The fraction of sp³-hybridized carbons (Fsp3) is 0.500. The van der Waals surface area contributed by atoms with E-state index in [1.165, 1.54) is 16.9 Å². The molecular weight excluding hydrogens is 410 g/mol. The molecule has 1 aliphatic heterocycles. The molecule has 4 N–H and O–H groups in total. The molecule has 9 heteroatoms. The van der Waals surface area contributed by atoms with Gasteiger partial charge in [-0.3, -0.25) is 4.90 Å². The van der Waals surface area contributed by atoms with Crippen LogP contribution < -0.4 is 16.4 Å². The van der Waals surface area contributed by atoms with E-state index in [-0.39, 0.29) is 6.04 Å². The minimum atomic E-state index is 0.274. The second kappa shape index (κ2) is 9.44. The van der Waals surface area contributed by atoms with E-state index in [0.717, 1.165) is 85.6 Å². The van der Waals surface area contributed by atoms with Crippen molar-refractivity contribution in [1.29, 1.82) is 0 Å². The van der Waals surface area contributed by atoms with Crippen molar-refractivity contribution in [1.82, 2.24) is 19.9 Å². The van der Waals surface area contributed by atoms with E-state index in [1.807, 2.05) is 12.1 Å². The molecule has 3 aromatic rings. The highest BCUT2D eigenvalue weighted by atomic mass is 32.1. The van der Waals surface area contributed by atoms with Crippen molar-refractivity contribution >= 4 is 38.5 Å². The Balaban J connectivity index is 1.38. The monoisotopic (exact) mass is 439 g/mol. The van der Waals surface area contributed by atoms with Gasteiger partial charge in [-0.25, -0.2) is 15.0 Å². The van der Waals surface area contributed by atoms with Crippen LogP contribution in [0.3, 0.4) is 0 Å². The number of morpholine rings is 1. The van der Waals surface area contributed by atoms with Crippen molar-refractivity contribution < 1.29 is 4.74 Å². The quantitative estimate of drug-likeness (QED) is 0.538. The van der Waals surface area contributed by atoms with Gasteiger partial charge in [0.25, 0.3) is 0 Å². The number of aromatic nitrogens is 3. The molecule has 2 atom stereocenters. The predicted octanol–water partition coefficient (Wildman–Crippen LogP) is 3.34. The smallest absolute Gasteiger partial charge is 0.190 e. The highest BCUT2D eigenvalue weighted by molar-refractivity contribution is 7.21. The maximum absolute atomic E-state index is 6.20. The zero-order chi connectivity index (χ0) is 21.0. The highest BCUT2D eigenvalue weighted by Crippen LogP contribution is 2.28. The number of nitrogens with two attached hydrogens (primary N) is 1. The van der Waals surface area contributed by atoms with Gasteiger partial charge in [0.1, 0.15) is 22.0 Å². The fourth-order valence-corrected chi connectivity index (χ4v) is 5.15. The average Bonchev–Trinajstić information content (AvgIpc) is 3.16. The summed E-state index contributed by atoms with van der Waals surface area (Å²) in [4.78, 5) is 17.2. The third kappa shape index (κ3) is 5.30. The number of hydrogen-bond acceptors (Lipinski definition) is 9. The van der Waals surface area contributed by atoms with Gasteiger partial charge in [-0.1, -0.05) is 11.3 Å². The van der Waals surface area contributed by atoms with Crippen LogP contribution in [-0.4, -0.2) is 58.2 Å². The molecule has 1 saturated heterocycles. The molecule has 2 fully saturated rings. The number of nitrogens with one attached hydrogen (secondary N) is 2. The molecule has 0 bridgehead atoms. The van der Waals surface area contributed by atoms with Crippen molar-refractivity contribution in [2.45, 2.75) is 44.3 Å². The first-order valence-corrected chi connectivity index (χ1v) is 11.8. The van der Waals surface area contributed by atoms with Crippen LogP contribution in [0, 0.1) is 0 Å². The van der Waals surface area contributed by atoms with Gasteiger partial charge < -0.3 is 21.1 Å². The van der Waals surface area contributed by atoms with E-state index in [4.69, 9.17) is 15.5 Å². The van der Waals surface area contributed by atoms with Crippen LogP contribution in [0.4, 0.5) is 16.8 Å². The summed E-state index contributed by atoms with van der Waals surface area (Å²) in [5.41, 5.74) is 8.32. The zero-order valence-corrected chi connectivity index (χ0v) is 18.4. The van der Waals surface area contributed by atoms with Crippen molar-refractivity contribution in [2.75, 3.05) is 36.9 Å². The van der Waals surface area contributed by atoms with Gasteiger partial charge in [-0.2, -0.15) is 0 Å². The summed E-state index contributed by atoms with van der Waals surface area (Å²) in [6.07, 6.45) is 6.19. The van der Waals surface area contributed by atoms with Crippen molar-refractivity contribution in [2.24, 2.45) is 5.73 Å². The lowest BCUT2D eigenvalue weighted by atomic mass is 9.91. The first-order valence-electron chi connectivity index (χ1n) is 11.0. The Morgan fingerprint density at radius 1 is 1.16 bits per heavy atom. The van der Waals surface area contributed by atoms with Gasteiger partial charge in [0, 0.05) is 37.9 Å². The van der Waals surface area contributed by atoms with E-state index in [1.54, 1.807) is 6.20 Å². The van der Waals surface area contributed by atoms with Crippen LogP contribution in [0.25, 0.3) is 10.3 Å². The standard InChI is InChI=1S/C22H29N7OS/c23-16-3-1-4-17(13-16)25-19-11-15(14-29-7-9-30-10-8-29)12-20(27-19)28-22-26-18-5-2-6-24-21(18)31-22/h2,5-6,11-12,16-17H,1,3-4,7-10,13-14,23H2,(H2,25,26,27,28)/t16-,17-/m0/s1. The van der Waals surface area contributed by atoms with Gasteiger partial charge in [0.15, 0.2) is 5.13 Å². The van der Waals surface area contributed by atoms with Crippen LogP contribution in [0.2, 0.25) is 0 Å². The molecule has 0 aromatic carbocycles. The molecule has 31 heavy (non-hydrogen) atoms. The van der Waals surface area contributed by atoms with E-state index < -0.39 is 0 Å². The number of ether oxygens (including phenoxy) is 1. The number of fused-ring (bicyclic) bond motifs is 1. The minimum absolute atomic E-state index is 0.274. The fourth-order valence-electron chi connectivity index (χ4n) is 4.33. The molecule has 4 heterocycles. The second-order valence-electron chi connectivity index (χ2n) is 8.37. The molecule has 8 nitrogen and oxygen atoms in total. The third-order valence-electron chi connectivity index (χ3n) is 5.86. The molecule has 0 radical (unpaired) electrons. The summed E-state index contributed by atoms with van der Waals surface area (Å²) in [6, 6.07) is 8.81. The minimum Gasteiger partial charge on any atom is -0.379 e. The molecule has 0 amide bonds. The zero-order valence-electron chi connectivity index (χ0n) is 17.6. The van der Waals surface area contributed by atoms with Crippen LogP contribution in [-0.2, 0) is 11.3 Å². The van der Waals surface area contributed by atoms with Gasteiger partial charge in [-0.05, 0) is 55.5 Å². The van der Waals surface area contributed by atoms with Gasteiger partial charge in [0.2, 0.25) is 0 Å². The first kappa shape index (κ1) is 20.6. The van der Waals surface area contributed by atoms with Crippen molar-refractivity contribution in [3.05, 3.63) is 36.0 Å². The highest BCUT2D eigenvalue weighted by Gasteiger charge is 2.20. The van der Waals surface area contributed by atoms with Crippen molar-refractivity contribution in [3.63, 3.8) is 0 Å². The Labute approximate surface area is 186 Å². The molecule has 0 spiro atoms. The number of nitrogens with zero attached hydrogens (tertiary/aromatic N) is 4. The molecule has 1 saturated carbocycles. The molecule has 3 aromatic heterocycles. The van der Waals surface area contributed by atoms with E-state index in [2.05, 4.69) is 37.6 Å². The number of thiazole rings is 1. The van der Waals surface area contributed by atoms with Gasteiger partial charge in [0.05, 0.1) is 13.2 Å². The summed E-state index contributed by atoms with van der Waals surface area (Å²) < 4.78 is 5.50. The lowest BCUT2D eigenvalue weighted by Crippen LogP contribution is -2.36. The van der Waals surface area contributed by atoms with Crippen LogP contribution in [0.15, 0.2) is 30.5 Å². The molecule has 2 aliphatic rings. The van der Waals surface area contributed by atoms with Gasteiger partial charge in [-0.15, -0.1) is 0 Å². The Bertz CT molecular complexity index is 987. The maximum atomic E-state index is 6.20. The largest absolute Gasteiger partial charge is 0.379 e. The Morgan fingerprint density at radius 2 is 2.03 bits per heavy atom. The SMILES string of the molecule is N[C@H]1CCC[C@H](Nc2cc(CN3CCOCC3)cc(Nc3nc4cccnc4s3)n2)C1. The maximum Gasteiger partial charge on any atom is 0.190 e. The summed E-state index contributed by atoms with van der Waals surface area (Å²) >= 11 is 1.54. The predicted molar refractivity (Wildman–Crippen MR) is 125 cm³/mol. The molecule has 164 valence electrons. The normalized spacial score (nSPS) is 22.5. The summed E-state index contributed by atoms with van der Waals surface area (Å²) in [7, 11) is 0. The second-order valence-corrected chi connectivity index (χ2v) is 9.35. The Hall–Kier alpha value is -2.33. The van der Waals surface area contributed by atoms with E-state index in [9.17, 15) is 0 Å². The number of hydrogen-bond donors (Lipinski definition) is 3. The Morgan fingerprint density at radius 3 is 2.87 bits per heavy atom. The topological polar surface area (TPSA) is 101 Å². The van der Waals surface area contributed by atoms with Crippen LogP contribution >= 0.6 is 11.3 Å². The number of pyridine rings is 2.